The third kappa shape index (κ3) is 5.87. The second-order valence-corrected chi connectivity index (χ2v) is 6.08. The summed E-state index contributed by atoms with van der Waals surface area (Å²) >= 11 is 0. The number of rotatable bonds is 10. The number of carbonyl (C=O) groups excluding carboxylic acids is 2. The molecule has 120 valence electrons. The highest BCUT2D eigenvalue weighted by atomic mass is 32.2. The van der Waals surface area contributed by atoms with Gasteiger partial charge in [-0.05, 0) is 19.3 Å². The highest BCUT2D eigenvalue weighted by molar-refractivity contribution is 7.87. The van der Waals surface area contributed by atoms with Gasteiger partial charge in [0.2, 0.25) is 5.09 Å². The predicted octanol–water partition coefficient (Wildman–Crippen LogP) is 1.88. The van der Waals surface area contributed by atoms with Crippen LogP contribution in [0.25, 0.3) is 0 Å². The van der Waals surface area contributed by atoms with Crippen LogP contribution in [0.5, 0.6) is 0 Å². The maximum absolute atomic E-state index is 11.8. The lowest BCUT2D eigenvalue weighted by Crippen LogP contribution is -2.28. The first kappa shape index (κ1) is 17.7. The van der Waals surface area contributed by atoms with Crippen LogP contribution < -0.4 is 0 Å². The van der Waals surface area contributed by atoms with Crippen LogP contribution in [0.2, 0.25) is 0 Å². The van der Waals surface area contributed by atoms with Crippen LogP contribution in [0.1, 0.15) is 45.4 Å². The maximum atomic E-state index is 11.8. The molecule has 1 unspecified atom stereocenters. The summed E-state index contributed by atoms with van der Waals surface area (Å²) in [5.41, 5.74) is 0. The Bertz CT molecular complexity index is 422. The summed E-state index contributed by atoms with van der Waals surface area (Å²) in [5, 5.41) is 0.194. The van der Waals surface area contributed by atoms with Crippen molar-refractivity contribution >= 4 is 22.9 Å². The molecular formula is C14H23NO5S. The number of methoxy groups -OCH3 is 1. The van der Waals surface area contributed by atoms with Gasteiger partial charge in [-0.2, -0.15) is 0 Å². The Hall–Kier alpha value is -1.37. The topological polar surface area (TPSA) is 72.9 Å². The zero-order valence-corrected chi connectivity index (χ0v) is 13.4. The van der Waals surface area contributed by atoms with Gasteiger partial charge in [0.1, 0.15) is 0 Å². The number of unbranched alkanes of at least 4 members (excludes halogenated alkanes) is 3. The summed E-state index contributed by atoms with van der Waals surface area (Å²) in [7, 11) is -0.124. The Morgan fingerprint density at radius 3 is 2.67 bits per heavy atom. The number of carbonyl (C=O) groups is 2. The number of hydrogen-bond donors (Lipinski definition) is 0. The summed E-state index contributed by atoms with van der Waals surface area (Å²) in [6, 6.07) is 0. The second-order valence-electron chi connectivity index (χ2n) is 4.74. The van der Waals surface area contributed by atoms with E-state index < -0.39 is 11.0 Å². The van der Waals surface area contributed by atoms with E-state index in [-0.39, 0.29) is 17.0 Å². The van der Waals surface area contributed by atoms with Crippen LogP contribution in [0.3, 0.4) is 0 Å². The van der Waals surface area contributed by atoms with E-state index in [1.54, 1.807) is 0 Å². The molecule has 0 fully saturated rings. The molecule has 6 nitrogen and oxygen atoms in total. The molecule has 0 aromatic rings. The molecule has 0 radical (unpaired) electrons. The molecule has 0 bridgehead atoms. The van der Waals surface area contributed by atoms with Crippen LogP contribution in [0, 0.1) is 0 Å². The molecular weight excluding hydrogens is 294 g/mol. The Morgan fingerprint density at radius 1 is 1.29 bits per heavy atom. The largest absolute Gasteiger partial charge is 0.487 e. The summed E-state index contributed by atoms with van der Waals surface area (Å²) in [4.78, 5) is 22.9. The SMILES string of the molecule is CCCCOC(=O)CCCCCN1C(=O)C=C(OC)S1=O. The quantitative estimate of drug-likeness (QED) is 0.454. The molecule has 0 aromatic carbocycles. The van der Waals surface area contributed by atoms with Crippen LogP contribution in [-0.2, 0) is 30.0 Å². The minimum absolute atomic E-state index is 0.174. The smallest absolute Gasteiger partial charge is 0.305 e. The Labute approximate surface area is 128 Å². The van der Waals surface area contributed by atoms with Crippen LogP contribution in [0.15, 0.2) is 11.2 Å². The van der Waals surface area contributed by atoms with Gasteiger partial charge in [-0.3, -0.25) is 13.9 Å². The molecule has 1 aliphatic rings. The summed E-state index contributed by atoms with van der Waals surface area (Å²) in [6.07, 6.45) is 5.74. The highest BCUT2D eigenvalue weighted by Gasteiger charge is 2.30. The van der Waals surface area contributed by atoms with E-state index in [1.165, 1.54) is 17.5 Å². The molecule has 0 saturated heterocycles. The highest BCUT2D eigenvalue weighted by Crippen LogP contribution is 2.18. The lowest BCUT2D eigenvalue weighted by atomic mass is 10.2. The first-order valence-electron chi connectivity index (χ1n) is 7.24. The lowest BCUT2D eigenvalue weighted by molar-refractivity contribution is -0.143. The van der Waals surface area contributed by atoms with Crippen LogP contribution >= 0.6 is 0 Å². The van der Waals surface area contributed by atoms with Gasteiger partial charge in [-0.25, -0.2) is 4.21 Å². The minimum Gasteiger partial charge on any atom is -0.487 e. The van der Waals surface area contributed by atoms with E-state index >= 15 is 0 Å². The molecule has 21 heavy (non-hydrogen) atoms. The van der Waals surface area contributed by atoms with Crippen molar-refractivity contribution in [3.05, 3.63) is 11.2 Å². The van der Waals surface area contributed by atoms with Gasteiger partial charge in [0.05, 0.1) is 19.8 Å². The molecule has 0 aromatic heterocycles. The Balaban J connectivity index is 2.11. The van der Waals surface area contributed by atoms with E-state index in [4.69, 9.17) is 9.47 Å². The van der Waals surface area contributed by atoms with E-state index in [0.29, 0.717) is 32.4 Å². The molecule has 1 atom stereocenters. The van der Waals surface area contributed by atoms with Crippen molar-refractivity contribution in [3.63, 3.8) is 0 Å². The fourth-order valence-corrected chi connectivity index (χ4v) is 2.91. The second kappa shape index (κ2) is 9.55. The molecule has 0 saturated carbocycles. The first-order chi connectivity index (χ1) is 10.1. The maximum Gasteiger partial charge on any atom is 0.305 e. The van der Waals surface area contributed by atoms with Gasteiger partial charge in [-0.1, -0.05) is 19.8 Å². The van der Waals surface area contributed by atoms with E-state index in [9.17, 15) is 13.8 Å². The monoisotopic (exact) mass is 317 g/mol. The average molecular weight is 317 g/mol. The normalized spacial score (nSPS) is 17.8. The van der Waals surface area contributed by atoms with Crippen molar-refractivity contribution in [1.82, 2.24) is 4.31 Å². The Morgan fingerprint density at radius 2 is 2.05 bits per heavy atom. The van der Waals surface area contributed by atoms with Crippen molar-refractivity contribution in [2.75, 3.05) is 20.3 Å². The van der Waals surface area contributed by atoms with Crippen molar-refractivity contribution in [2.45, 2.75) is 45.4 Å². The molecule has 0 N–H and O–H groups in total. The van der Waals surface area contributed by atoms with Crippen LogP contribution in [0.4, 0.5) is 0 Å². The van der Waals surface area contributed by atoms with Crippen molar-refractivity contribution < 1.29 is 23.3 Å². The third-order valence-electron chi connectivity index (χ3n) is 3.06. The lowest BCUT2D eigenvalue weighted by Gasteiger charge is -2.14. The summed E-state index contributed by atoms with van der Waals surface area (Å²) in [6.45, 7) is 2.93. The van der Waals surface area contributed by atoms with Gasteiger partial charge in [0.15, 0.2) is 11.0 Å². The van der Waals surface area contributed by atoms with Gasteiger partial charge in [0, 0.05) is 13.0 Å². The van der Waals surface area contributed by atoms with E-state index in [0.717, 1.165) is 19.3 Å². The van der Waals surface area contributed by atoms with E-state index in [1.807, 2.05) is 6.92 Å². The van der Waals surface area contributed by atoms with Crippen LogP contribution in [-0.4, -0.2) is 40.7 Å². The van der Waals surface area contributed by atoms with Gasteiger partial charge in [0.25, 0.3) is 5.91 Å². The third-order valence-corrected chi connectivity index (χ3v) is 4.46. The Kier molecular flexibility index (Phi) is 8.04. The number of esters is 1. The molecule has 1 amide bonds. The molecule has 7 heteroatoms. The van der Waals surface area contributed by atoms with Gasteiger partial charge >= 0.3 is 5.97 Å². The number of amides is 1. The van der Waals surface area contributed by atoms with Crippen molar-refractivity contribution in [2.24, 2.45) is 0 Å². The van der Waals surface area contributed by atoms with Crippen molar-refractivity contribution in [3.8, 4) is 0 Å². The fourth-order valence-electron chi connectivity index (χ4n) is 1.84. The minimum atomic E-state index is -1.52. The molecule has 1 rings (SSSR count). The number of nitrogens with zero attached hydrogens (tertiary/aromatic N) is 1. The zero-order valence-electron chi connectivity index (χ0n) is 12.6. The van der Waals surface area contributed by atoms with Gasteiger partial charge < -0.3 is 9.47 Å². The first-order valence-corrected chi connectivity index (χ1v) is 8.35. The van der Waals surface area contributed by atoms with Gasteiger partial charge in [-0.15, -0.1) is 0 Å². The predicted molar refractivity (Wildman–Crippen MR) is 79.3 cm³/mol. The van der Waals surface area contributed by atoms with Crippen molar-refractivity contribution in [1.29, 1.82) is 0 Å². The summed E-state index contributed by atoms with van der Waals surface area (Å²) < 4.78 is 23.0. The zero-order chi connectivity index (χ0) is 15.7. The number of hydrogen-bond acceptors (Lipinski definition) is 5. The summed E-state index contributed by atoms with van der Waals surface area (Å²) in [5.74, 6) is -0.461. The molecule has 0 aliphatic carbocycles. The average Bonchev–Trinajstić information content (AvgIpc) is 2.74. The molecule has 1 heterocycles. The molecule has 1 aliphatic heterocycles. The number of ether oxygens (including phenoxy) is 2. The molecule has 0 spiro atoms. The standard InChI is InChI=1S/C14H23NO5S/c1-3-4-10-20-13(17)8-6-5-7-9-15-12(16)11-14(19-2)21(15)18/h11H,3-10H2,1-2H3. The van der Waals surface area contributed by atoms with E-state index in [2.05, 4.69) is 0 Å². The fraction of sp³-hybridized carbons (Fsp3) is 0.714.